The Morgan fingerprint density at radius 3 is 2.57 bits per heavy atom. The van der Waals surface area contributed by atoms with Gasteiger partial charge in [0.25, 0.3) is 0 Å². The van der Waals surface area contributed by atoms with E-state index in [1.807, 2.05) is 7.05 Å². The monoisotopic (exact) mass is 293 g/mol. The summed E-state index contributed by atoms with van der Waals surface area (Å²) in [6.07, 6.45) is 3.64. The van der Waals surface area contributed by atoms with Gasteiger partial charge >= 0.3 is 0 Å². The Balaban J connectivity index is 1.70. The first-order valence-electron chi connectivity index (χ1n) is 7.50. The van der Waals surface area contributed by atoms with Gasteiger partial charge in [0.2, 0.25) is 5.91 Å². The molecule has 4 nitrogen and oxygen atoms in total. The molecule has 116 valence electrons. The number of nitrogens with one attached hydrogen (secondary N) is 1. The maximum atomic E-state index is 12.8. The molecule has 0 unspecified atom stereocenters. The minimum Gasteiger partial charge on any atom is -0.353 e. The maximum Gasteiger partial charge on any atom is 0.240 e. The lowest BCUT2D eigenvalue weighted by atomic mass is 9.98. The second kappa shape index (κ2) is 7.00. The summed E-state index contributed by atoms with van der Waals surface area (Å²) in [4.78, 5) is 14.1. The van der Waals surface area contributed by atoms with Gasteiger partial charge in [0.15, 0.2) is 0 Å². The van der Waals surface area contributed by atoms with Crippen LogP contribution in [0.4, 0.5) is 4.39 Å². The Kier molecular flexibility index (Phi) is 5.31. The van der Waals surface area contributed by atoms with E-state index in [9.17, 15) is 9.18 Å². The van der Waals surface area contributed by atoms with Gasteiger partial charge in [0.05, 0.1) is 5.54 Å². The van der Waals surface area contributed by atoms with Crippen LogP contribution in [-0.4, -0.2) is 36.5 Å². The molecule has 1 saturated carbocycles. The first-order chi connectivity index (χ1) is 9.99. The molecular weight excluding hydrogens is 269 g/mol. The third-order valence-electron chi connectivity index (χ3n) is 4.09. The van der Waals surface area contributed by atoms with Gasteiger partial charge in [-0.3, -0.25) is 4.79 Å². The van der Waals surface area contributed by atoms with E-state index in [0.717, 1.165) is 44.3 Å². The molecule has 21 heavy (non-hydrogen) atoms. The molecule has 0 bridgehead atoms. The molecular formula is C16H24FN3O. The molecule has 0 aliphatic heterocycles. The summed E-state index contributed by atoms with van der Waals surface area (Å²) in [6.45, 7) is 2.04. The highest BCUT2D eigenvalue weighted by molar-refractivity contribution is 5.86. The van der Waals surface area contributed by atoms with Crippen LogP contribution in [0, 0.1) is 5.82 Å². The average molecular weight is 293 g/mol. The van der Waals surface area contributed by atoms with Gasteiger partial charge < -0.3 is 16.0 Å². The van der Waals surface area contributed by atoms with Gasteiger partial charge in [-0.05, 0) is 37.6 Å². The van der Waals surface area contributed by atoms with Crippen molar-refractivity contribution in [3.05, 3.63) is 35.6 Å². The van der Waals surface area contributed by atoms with Crippen molar-refractivity contribution < 1.29 is 9.18 Å². The minimum atomic E-state index is -0.657. The summed E-state index contributed by atoms with van der Waals surface area (Å²) in [5.41, 5.74) is 6.49. The van der Waals surface area contributed by atoms with Gasteiger partial charge in [-0.2, -0.15) is 0 Å². The highest BCUT2D eigenvalue weighted by Crippen LogP contribution is 2.27. The summed E-state index contributed by atoms with van der Waals surface area (Å²) in [5.74, 6) is -0.256. The van der Waals surface area contributed by atoms with E-state index in [4.69, 9.17) is 5.73 Å². The summed E-state index contributed by atoms with van der Waals surface area (Å²) in [5, 5.41) is 2.93. The van der Waals surface area contributed by atoms with E-state index in [2.05, 4.69) is 10.2 Å². The maximum absolute atomic E-state index is 12.8. The van der Waals surface area contributed by atoms with Crippen LogP contribution in [0.1, 0.15) is 31.2 Å². The number of likely N-dealkylation sites (N-methyl/N-ethyl adjacent to an activating group) is 1. The van der Waals surface area contributed by atoms with Crippen LogP contribution in [0.3, 0.4) is 0 Å². The number of rotatable bonds is 6. The Morgan fingerprint density at radius 1 is 1.33 bits per heavy atom. The van der Waals surface area contributed by atoms with Crippen molar-refractivity contribution in [3.8, 4) is 0 Å². The van der Waals surface area contributed by atoms with Crippen molar-refractivity contribution in [3.63, 3.8) is 0 Å². The zero-order chi connectivity index (χ0) is 15.3. The van der Waals surface area contributed by atoms with Crippen LogP contribution in [0.5, 0.6) is 0 Å². The van der Waals surface area contributed by atoms with Crippen LogP contribution >= 0.6 is 0 Å². The van der Waals surface area contributed by atoms with Gasteiger partial charge in [0, 0.05) is 19.6 Å². The van der Waals surface area contributed by atoms with Gasteiger partial charge in [-0.1, -0.05) is 25.0 Å². The van der Waals surface area contributed by atoms with Crippen molar-refractivity contribution in [2.45, 2.75) is 37.8 Å². The number of nitrogens with zero attached hydrogens (tertiary/aromatic N) is 1. The molecule has 1 fully saturated rings. The van der Waals surface area contributed by atoms with Crippen molar-refractivity contribution in [2.75, 3.05) is 20.1 Å². The van der Waals surface area contributed by atoms with Crippen LogP contribution in [-0.2, 0) is 11.3 Å². The number of amides is 1. The number of hydrogen-bond donors (Lipinski definition) is 2. The Morgan fingerprint density at radius 2 is 1.95 bits per heavy atom. The van der Waals surface area contributed by atoms with E-state index in [1.165, 1.54) is 12.1 Å². The first kappa shape index (κ1) is 15.9. The molecule has 0 saturated heterocycles. The van der Waals surface area contributed by atoms with Gasteiger partial charge in [-0.15, -0.1) is 0 Å². The summed E-state index contributed by atoms with van der Waals surface area (Å²) in [7, 11) is 1.98. The van der Waals surface area contributed by atoms with E-state index < -0.39 is 5.54 Å². The topological polar surface area (TPSA) is 58.4 Å². The smallest absolute Gasteiger partial charge is 0.240 e. The Bertz CT molecular complexity index is 469. The molecule has 1 amide bonds. The van der Waals surface area contributed by atoms with E-state index in [-0.39, 0.29) is 11.7 Å². The molecule has 5 heteroatoms. The van der Waals surface area contributed by atoms with Crippen molar-refractivity contribution in [2.24, 2.45) is 5.73 Å². The zero-order valence-corrected chi connectivity index (χ0v) is 12.6. The third-order valence-corrected chi connectivity index (χ3v) is 4.09. The second-order valence-electron chi connectivity index (χ2n) is 5.98. The molecule has 0 spiro atoms. The van der Waals surface area contributed by atoms with E-state index in [0.29, 0.717) is 6.54 Å². The van der Waals surface area contributed by atoms with Gasteiger partial charge in [0.1, 0.15) is 5.82 Å². The fraction of sp³-hybridized carbons (Fsp3) is 0.562. The third kappa shape index (κ3) is 4.51. The highest BCUT2D eigenvalue weighted by Gasteiger charge is 2.36. The van der Waals surface area contributed by atoms with E-state index >= 15 is 0 Å². The molecule has 3 N–H and O–H groups in total. The van der Waals surface area contributed by atoms with Crippen molar-refractivity contribution in [1.29, 1.82) is 0 Å². The van der Waals surface area contributed by atoms with Crippen LogP contribution in [0.15, 0.2) is 24.3 Å². The SMILES string of the molecule is CN(CCNC(=O)C1(N)CCCC1)Cc1ccc(F)cc1. The van der Waals surface area contributed by atoms with E-state index in [1.54, 1.807) is 12.1 Å². The van der Waals surface area contributed by atoms with Crippen LogP contribution in [0.25, 0.3) is 0 Å². The number of carbonyl (C=O) groups is 1. The molecule has 1 aliphatic carbocycles. The number of hydrogen-bond acceptors (Lipinski definition) is 3. The fourth-order valence-corrected chi connectivity index (χ4v) is 2.75. The predicted molar refractivity (Wildman–Crippen MR) is 81.1 cm³/mol. The van der Waals surface area contributed by atoms with Crippen LogP contribution in [0.2, 0.25) is 0 Å². The molecule has 2 rings (SSSR count). The normalized spacial score (nSPS) is 17.1. The minimum absolute atomic E-state index is 0.0322. The lowest BCUT2D eigenvalue weighted by Gasteiger charge is -2.23. The van der Waals surface area contributed by atoms with Crippen molar-refractivity contribution >= 4 is 5.91 Å². The number of halogens is 1. The number of benzene rings is 1. The summed E-state index contributed by atoms with van der Waals surface area (Å²) in [6, 6.07) is 6.47. The second-order valence-corrected chi connectivity index (χ2v) is 5.98. The molecule has 0 radical (unpaired) electrons. The standard InChI is InChI=1S/C16H24FN3O/c1-20(12-13-4-6-14(17)7-5-13)11-10-19-15(21)16(18)8-2-3-9-16/h4-7H,2-3,8-12,18H2,1H3,(H,19,21). The molecule has 1 aromatic rings. The largest absolute Gasteiger partial charge is 0.353 e. The predicted octanol–water partition coefficient (Wildman–Crippen LogP) is 1.65. The lowest BCUT2D eigenvalue weighted by molar-refractivity contribution is -0.126. The van der Waals surface area contributed by atoms with Crippen molar-refractivity contribution in [1.82, 2.24) is 10.2 Å². The molecule has 0 atom stereocenters. The number of nitrogens with two attached hydrogens (primary N) is 1. The zero-order valence-electron chi connectivity index (χ0n) is 12.6. The van der Waals surface area contributed by atoms with Crippen LogP contribution < -0.4 is 11.1 Å². The first-order valence-corrected chi connectivity index (χ1v) is 7.50. The summed E-state index contributed by atoms with van der Waals surface area (Å²) >= 11 is 0. The Hall–Kier alpha value is -1.46. The summed E-state index contributed by atoms with van der Waals surface area (Å²) < 4.78 is 12.8. The number of carbonyl (C=O) groups excluding carboxylic acids is 1. The lowest BCUT2D eigenvalue weighted by Crippen LogP contribution is -2.52. The molecule has 1 aromatic carbocycles. The molecule has 0 heterocycles. The quantitative estimate of drug-likeness (QED) is 0.838. The highest BCUT2D eigenvalue weighted by atomic mass is 19.1. The Labute approximate surface area is 125 Å². The molecule has 0 aromatic heterocycles. The fourth-order valence-electron chi connectivity index (χ4n) is 2.75. The molecule has 1 aliphatic rings. The average Bonchev–Trinajstić information content (AvgIpc) is 2.89. The van der Waals surface area contributed by atoms with Gasteiger partial charge in [-0.25, -0.2) is 4.39 Å².